The second kappa shape index (κ2) is 11.1. The van der Waals surface area contributed by atoms with Crippen LogP contribution in [0.15, 0.2) is 84.8 Å². The number of hydrogen-bond acceptors (Lipinski definition) is 7. The van der Waals surface area contributed by atoms with E-state index in [1.54, 1.807) is 30.3 Å². The Morgan fingerprint density at radius 3 is 2.53 bits per heavy atom. The van der Waals surface area contributed by atoms with Crippen molar-refractivity contribution < 1.29 is 23.7 Å². The van der Waals surface area contributed by atoms with E-state index in [-0.39, 0.29) is 28.8 Å². The molecule has 1 aliphatic rings. The molecule has 1 atom stereocenters. The van der Waals surface area contributed by atoms with Crippen molar-refractivity contribution in [2.45, 2.75) is 5.92 Å². The minimum absolute atomic E-state index is 0.0221. The summed E-state index contributed by atoms with van der Waals surface area (Å²) in [5.41, 5.74) is 7.86. The van der Waals surface area contributed by atoms with E-state index in [2.05, 4.69) is 12.6 Å². The van der Waals surface area contributed by atoms with Crippen molar-refractivity contribution in [1.82, 2.24) is 0 Å². The topological polar surface area (TPSA) is 104 Å². The third-order valence-corrected chi connectivity index (χ3v) is 5.77. The summed E-state index contributed by atoms with van der Waals surface area (Å²) in [4.78, 5) is 12.3. The molecule has 0 radical (unpaired) electrons. The van der Waals surface area contributed by atoms with E-state index in [1.165, 1.54) is 12.1 Å². The van der Waals surface area contributed by atoms with Crippen molar-refractivity contribution in [3.8, 4) is 29.1 Å². The summed E-state index contributed by atoms with van der Waals surface area (Å²) in [5, 5.41) is 10.5. The first-order valence-corrected chi connectivity index (χ1v) is 11.5. The summed E-state index contributed by atoms with van der Waals surface area (Å²) in [6.07, 6.45) is 1.66. The lowest BCUT2D eigenvalue weighted by Crippen LogP contribution is -2.21. The number of hydrogen-bond donors (Lipinski definition) is 1. The van der Waals surface area contributed by atoms with Crippen molar-refractivity contribution in [2.24, 2.45) is 5.73 Å². The summed E-state index contributed by atoms with van der Waals surface area (Å²) >= 11 is 11.9. The number of nitriles is 1. The van der Waals surface area contributed by atoms with E-state index in [0.717, 1.165) is 5.56 Å². The second-order valence-electron chi connectivity index (χ2n) is 7.63. The number of nitrogens with two attached hydrogens (primary N) is 1. The molecule has 0 saturated carbocycles. The Balaban J connectivity index is 1.52. The fraction of sp³-hybridized carbons (Fsp3) is 0.111. The number of carbonyl (C=O) groups is 1. The Morgan fingerprint density at radius 1 is 1.08 bits per heavy atom. The van der Waals surface area contributed by atoms with Gasteiger partial charge in [-0.1, -0.05) is 54.1 Å². The van der Waals surface area contributed by atoms with Gasteiger partial charge in [0.1, 0.15) is 41.2 Å². The summed E-state index contributed by atoms with van der Waals surface area (Å²) in [7, 11) is 0. The van der Waals surface area contributed by atoms with Gasteiger partial charge < -0.3 is 24.7 Å². The van der Waals surface area contributed by atoms with Crippen LogP contribution < -0.4 is 24.7 Å². The molecule has 0 amide bonds. The molecule has 0 aliphatic carbocycles. The monoisotopic (exact) mass is 522 g/mol. The second-order valence-corrected chi connectivity index (χ2v) is 8.47. The van der Waals surface area contributed by atoms with Crippen molar-refractivity contribution in [1.29, 1.82) is 5.26 Å². The minimum Gasteiger partial charge on any atom is -0.490 e. The predicted octanol–water partition coefficient (Wildman–Crippen LogP) is 5.76. The number of nitrogens with zero attached hydrogens (tertiary/aromatic N) is 1. The van der Waals surface area contributed by atoms with E-state index in [4.69, 9.17) is 47.9 Å². The van der Waals surface area contributed by atoms with Crippen LogP contribution in [0.5, 0.6) is 23.0 Å². The van der Waals surface area contributed by atoms with Gasteiger partial charge in [-0.2, -0.15) is 5.26 Å². The molecule has 0 bridgehead atoms. The molecule has 2 N–H and O–H groups in total. The third kappa shape index (κ3) is 5.57. The van der Waals surface area contributed by atoms with E-state index in [0.29, 0.717) is 34.4 Å². The van der Waals surface area contributed by atoms with Crippen LogP contribution in [0.3, 0.4) is 0 Å². The zero-order chi connectivity index (χ0) is 25.7. The highest BCUT2D eigenvalue weighted by Crippen LogP contribution is 2.43. The molecule has 7 nitrogen and oxygen atoms in total. The molecule has 0 spiro atoms. The summed E-state index contributed by atoms with van der Waals surface area (Å²) < 4.78 is 22.0. The van der Waals surface area contributed by atoms with Crippen LogP contribution in [-0.4, -0.2) is 19.2 Å². The molecule has 182 valence electrons. The Labute approximate surface area is 217 Å². The number of benzene rings is 3. The van der Waals surface area contributed by atoms with Crippen LogP contribution in [0.2, 0.25) is 10.0 Å². The molecule has 36 heavy (non-hydrogen) atoms. The third-order valence-electron chi connectivity index (χ3n) is 5.24. The normalized spacial score (nSPS) is 14.2. The first-order valence-electron chi connectivity index (χ1n) is 10.7. The molecule has 1 aliphatic heterocycles. The average molecular weight is 523 g/mol. The molecule has 0 fully saturated rings. The van der Waals surface area contributed by atoms with Crippen LogP contribution >= 0.6 is 23.2 Å². The number of halogens is 2. The first kappa shape index (κ1) is 25.0. The molecule has 0 saturated heterocycles. The predicted molar refractivity (Wildman–Crippen MR) is 135 cm³/mol. The summed E-state index contributed by atoms with van der Waals surface area (Å²) in [6.45, 7) is 3.65. The molecular formula is C27H20Cl2N2O5. The smallest absolute Gasteiger partial charge is 0.349 e. The number of rotatable bonds is 8. The minimum atomic E-state index is -0.648. The van der Waals surface area contributed by atoms with Crippen LogP contribution in [0.1, 0.15) is 17.0 Å². The highest BCUT2D eigenvalue weighted by atomic mass is 35.5. The number of ether oxygens (including phenoxy) is 4. The maximum atomic E-state index is 12.3. The molecule has 9 heteroatoms. The number of allylic oxidation sites excluding steroid dienone is 1. The van der Waals surface area contributed by atoms with Gasteiger partial charge in [-0.3, -0.25) is 0 Å². The van der Waals surface area contributed by atoms with Crippen LogP contribution in [0.25, 0.3) is 0 Å². The van der Waals surface area contributed by atoms with E-state index in [9.17, 15) is 10.1 Å². The van der Waals surface area contributed by atoms with Gasteiger partial charge in [0.25, 0.3) is 0 Å². The maximum Gasteiger partial charge on any atom is 0.349 e. The highest BCUT2D eigenvalue weighted by Gasteiger charge is 2.31. The van der Waals surface area contributed by atoms with Crippen LogP contribution in [0.4, 0.5) is 0 Å². The first-order chi connectivity index (χ1) is 17.4. The molecule has 1 heterocycles. The maximum absolute atomic E-state index is 12.3. The van der Waals surface area contributed by atoms with Gasteiger partial charge >= 0.3 is 5.97 Å². The van der Waals surface area contributed by atoms with Crippen molar-refractivity contribution in [2.75, 3.05) is 13.2 Å². The fourth-order valence-corrected chi connectivity index (χ4v) is 4.11. The summed E-state index contributed by atoms with van der Waals surface area (Å²) in [6, 6.07) is 19.0. The van der Waals surface area contributed by atoms with Crippen LogP contribution in [-0.2, 0) is 4.79 Å². The zero-order valence-electron chi connectivity index (χ0n) is 18.9. The average Bonchev–Trinajstić information content (AvgIpc) is 2.86. The van der Waals surface area contributed by atoms with Gasteiger partial charge in [-0.05, 0) is 42.0 Å². The standard InChI is InChI=1S/C27H20Cl2N2O5/c1-2-11-33-18-6-3-16(4-7-18)26-20-9-8-19(13-24(20)36-27(31)21(26)14-30)35-25(32)15-34-23-10-5-17(28)12-22(23)29/h2-10,12-13,26H,1,11,15,31H2. The number of carbonyl (C=O) groups excluding carboxylic acids is 1. The SMILES string of the molecule is C=CCOc1ccc(C2C(C#N)=C(N)Oc3cc(OC(=O)COc4ccc(Cl)cc4Cl)ccc32)cc1. The molecule has 3 aromatic rings. The lowest BCUT2D eigenvalue weighted by Gasteiger charge is -2.26. The largest absolute Gasteiger partial charge is 0.490 e. The van der Waals surface area contributed by atoms with Gasteiger partial charge in [0.15, 0.2) is 6.61 Å². The van der Waals surface area contributed by atoms with Gasteiger partial charge in [-0.25, -0.2) is 4.79 Å². The highest BCUT2D eigenvalue weighted by molar-refractivity contribution is 6.35. The van der Waals surface area contributed by atoms with Crippen LogP contribution in [0, 0.1) is 11.3 Å². The summed E-state index contributed by atoms with van der Waals surface area (Å²) in [5.74, 6) is 0.437. The zero-order valence-corrected chi connectivity index (χ0v) is 20.4. The molecule has 4 rings (SSSR count). The van der Waals surface area contributed by atoms with Crippen molar-refractivity contribution in [3.05, 3.63) is 106 Å². The molecule has 0 aromatic heterocycles. The molecular weight excluding hydrogens is 503 g/mol. The van der Waals surface area contributed by atoms with Gasteiger partial charge in [-0.15, -0.1) is 0 Å². The Bertz CT molecular complexity index is 1380. The Hall–Kier alpha value is -4.12. The van der Waals surface area contributed by atoms with Gasteiger partial charge in [0, 0.05) is 16.7 Å². The van der Waals surface area contributed by atoms with E-state index < -0.39 is 11.9 Å². The fourth-order valence-electron chi connectivity index (χ4n) is 3.64. The van der Waals surface area contributed by atoms with Crippen molar-refractivity contribution in [3.63, 3.8) is 0 Å². The quantitative estimate of drug-likeness (QED) is 0.227. The Morgan fingerprint density at radius 2 is 1.83 bits per heavy atom. The van der Waals surface area contributed by atoms with E-state index in [1.807, 2.05) is 24.3 Å². The molecule has 3 aromatic carbocycles. The Kier molecular flexibility index (Phi) is 7.69. The number of fused-ring (bicyclic) bond motifs is 1. The lowest BCUT2D eigenvalue weighted by atomic mass is 9.83. The van der Waals surface area contributed by atoms with Gasteiger partial charge in [0.05, 0.1) is 10.9 Å². The van der Waals surface area contributed by atoms with Crippen molar-refractivity contribution >= 4 is 29.2 Å². The van der Waals surface area contributed by atoms with E-state index >= 15 is 0 Å². The molecule has 1 unspecified atom stereocenters. The number of esters is 1. The van der Waals surface area contributed by atoms with Gasteiger partial charge in [0.2, 0.25) is 5.88 Å². The lowest BCUT2D eigenvalue weighted by molar-refractivity contribution is -0.136.